The van der Waals surface area contributed by atoms with Gasteiger partial charge < -0.3 is 25.6 Å². The second kappa shape index (κ2) is 15.1. The van der Waals surface area contributed by atoms with Crippen molar-refractivity contribution in [1.82, 2.24) is 10.6 Å². The number of carbonyl (C=O) groups is 6. The molecule has 0 aliphatic carbocycles. The number of benzene rings is 1. The molecule has 0 aromatic heterocycles. The third-order valence-electron chi connectivity index (χ3n) is 5.80. The number of phenolic OH excluding ortho intramolecular Hbond substituents is 1. The molecule has 204 valence electrons. The van der Waals surface area contributed by atoms with Crippen molar-refractivity contribution < 1.29 is 39.0 Å². The van der Waals surface area contributed by atoms with E-state index in [2.05, 4.69) is 10.6 Å². The van der Waals surface area contributed by atoms with Crippen LogP contribution in [0, 0.1) is 17.8 Å². The van der Waals surface area contributed by atoms with Crippen LogP contribution in [0.4, 0.5) is 0 Å². The van der Waals surface area contributed by atoms with Gasteiger partial charge in [-0.3, -0.25) is 24.0 Å². The fraction of sp³-hybridized carbons (Fsp3) is 0.538. The van der Waals surface area contributed by atoms with Crippen molar-refractivity contribution in [2.24, 2.45) is 17.8 Å². The van der Waals surface area contributed by atoms with Crippen LogP contribution >= 0.6 is 11.6 Å². The van der Waals surface area contributed by atoms with Gasteiger partial charge in [0.15, 0.2) is 11.6 Å². The molecule has 0 aliphatic rings. The Morgan fingerprint density at radius 2 is 1.46 bits per heavy atom. The Hall–Kier alpha value is -3.27. The molecule has 10 nitrogen and oxygen atoms in total. The van der Waals surface area contributed by atoms with Gasteiger partial charge in [0, 0.05) is 24.7 Å². The molecule has 1 aromatic rings. The molecule has 4 atom stereocenters. The van der Waals surface area contributed by atoms with Gasteiger partial charge in [-0.05, 0) is 37.0 Å². The van der Waals surface area contributed by atoms with Gasteiger partial charge in [0.1, 0.15) is 11.5 Å². The van der Waals surface area contributed by atoms with Gasteiger partial charge >= 0.3 is 5.97 Å². The van der Waals surface area contributed by atoms with Crippen LogP contribution in [0.5, 0.6) is 5.75 Å². The number of aromatic hydroxyl groups is 1. The van der Waals surface area contributed by atoms with E-state index in [1.54, 1.807) is 26.0 Å². The summed E-state index contributed by atoms with van der Waals surface area (Å²) in [6.07, 6.45) is -0.715. The Morgan fingerprint density at radius 1 is 0.865 bits per heavy atom. The van der Waals surface area contributed by atoms with Gasteiger partial charge in [-0.25, -0.2) is 0 Å². The highest BCUT2D eigenvalue weighted by Gasteiger charge is 2.31. The fourth-order valence-electron chi connectivity index (χ4n) is 3.76. The van der Waals surface area contributed by atoms with Gasteiger partial charge in [-0.15, -0.1) is 11.6 Å². The van der Waals surface area contributed by atoms with Gasteiger partial charge in [-0.2, -0.15) is 0 Å². The number of aliphatic carboxylic acids is 1. The summed E-state index contributed by atoms with van der Waals surface area (Å²) >= 11 is 5.50. The number of Topliss-reactive ketones (excluding diaryl/α,β-unsaturated/α-hetero) is 3. The van der Waals surface area contributed by atoms with Crippen LogP contribution in [0.1, 0.15) is 52.5 Å². The third-order valence-corrected chi connectivity index (χ3v) is 6.07. The number of carboxylic acids is 1. The standard InChI is InChI=1S/C26H35ClN2O8/c1-14(2)24(21(32)9-15(3)25(36)28-20(12-23(34)35)22(33)13-27)29-26(37)18(10-16(4)30)11-17-5-7-19(31)8-6-17/h5-8,14-15,18,20,24,31H,9-13H2,1-4H3,(H,28,36)(H,29,37)(H,34,35)/t15-,18+,20+,24+/m1/s1. The molecule has 0 bridgehead atoms. The van der Waals surface area contributed by atoms with Crippen molar-refractivity contribution in [2.45, 2.75) is 65.5 Å². The molecule has 1 aromatic carbocycles. The summed E-state index contributed by atoms with van der Waals surface area (Å²) in [7, 11) is 0. The SMILES string of the molecule is CC(=O)C[C@@H](Cc1ccc(O)cc1)C(=O)N[C@H](C(=O)C[C@@H](C)C(=O)N[C@@H](CC(=O)O)C(=O)CCl)C(C)C. The molecule has 2 amide bonds. The Labute approximate surface area is 221 Å². The number of hydrogen-bond acceptors (Lipinski definition) is 7. The normalized spacial score (nSPS) is 14.2. The predicted molar refractivity (Wildman–Crippen MR) is 136 cm³/mol. The molecule has 4 N–H and O–H groups in total. The van der Waals surface area contributed by atoms with Crippen molar-refractivity contribution in [3.05, 3.63) is 29.8 Å². The topological polar surface area (TPSA) is 167 Å². The number of rotatable bonds is 16. The quantitative estimate of drug-likeness (QED) is 0.232. The molecular formula is C26H35ClN2O8. The minimum absolute atomic E-state index is 0.0376. The lowest BCUT2D eigenvalue weighted by Gasteiger charge is -2.25. The van der Waals surface area contributed by atoms with Crippen molar-refractivity contribution in [1.29, 1.82) is 0 Å². The number of nitrogens with one attached hydrogen (secondary N) is 2. The Kier molecular flexibility index (Phi) is 13.0. The highest BCUT2D eigenvalue weighted by Crippen LogP contribution is 2.18. The van der Waals surface area contributed by atoms with Crippen molar-refractivity contribution in [2.75, 3.05) is 5.88 Å². The fourth-order valence-corrected chi connectivity index (χ4v) is 3.95. The molecule has 0 heterocycles. The van der Waals surface area contributed by atoms with Crippen LogP contribution in [0.3, 0.4) is 0 Å². The zero-order valence-electron chi connectivity index (χ0n) is 21.5. The Morgan fingerprint density at radius 3 is 1.95 bits per heavy atom. The second-order valence-corrected chi connectivity index (χ2v) is 9.80. The monoisotopic (exact) mass is 538 g/mol. The number of halogens is 1. The van der Waals surface area contributed by atoms with Crippen LogP contribution in [0.25, 0.3) is 0 Å². The molecule has 0 radical (unpaired) electrons. The zero-order valence-corrected chi connectivity index (χ0v) is 22.2. The average Bonchev–Trinajstić information content (AvgIpc) is 2.81. The van der Waals surface area contributed by atoms with E-state index in [1.807, 2.05) is 0 Å². The molecule has 1 rings (SSSR count). The van der Waals surface area contributed by atoms with Crippen LogP contribution in [0.2, 0.25) is 0 Å². The molecule has 0 spiro atoms. The predicted octanol–water partition coefficient (Wildman–Crippen LogP) is 2.03. The first-order valence-electron chi connectivity index (χ1n) is 12.0. The molecule has 0 saturated heterocycles. The largest absolute Gasteiger partial charge is 0.508 e. The van der Waals surface area contributed by atoms with E-state index < -0.39 is 65.6 Å². The van der Waals surface area contributed by atoms with Gasteiger partial charge in [0.2, 0.25) is 11.8 Å². The first kappa shape index (κ1) is 31.8. The number of phenols is 1. The van der Waals surface area contributed by atoms with Crippen LogP contribution in [0.15, 0.2) is 24.3 Å². The first-order valence-corrected chi connectivity index (χ1v) is 12.5. The Balaban J connectivity index is 2.92. The number of amides is 2. The molecule has 0 saturated carbocycles. The smallest absolute Gasteiger partial charge is 0.305 e. The number of ketones is 3. The maximum absolute atomic E-state index is 13.1. The summed E-state index contributed by atoms with van der Waals surface area (Å²) in [6, 6.07) is 4.00. The summed E-state index contributed by atoms with van der Waals surface area (Å²) in [6.45, 7) is 6.29. The van der Waals surface area contributed by atoms with Gasteiger partial charge in [0.25, 0.3) is 0 Å². The molecule has 0 unspecified atom stereocenters. The van der Waals surface area contributed by atoms with Crippen LogP contribution in [-0.2, 0) is 35.2 Å². The zero-order chi connectivity index (χ0) is 28.3. The second-order valence-electron chi connectivity index (χ2n) is 9.53. The summed E-state index contributed by atoms with van der Waals surface area (Å²) in [5, 5.41) is 23.5. The molecule has 11 heteroatoms. The van der Waals surface area contributed by atoms with Crippen molar-refractivity contribution in [3.63, 3.8) is 0 Å². The van der Waals surface area contributed by atoms with Gasteiger partial charge in [-0.1, -0.05) is 32.9 Å². The molecule has 0 fully saturated rings. The highest BCUT2D eigenvalue weighted by atomic mass is 35.5. The average molecular weight is 539 g/mol. The lowest BCUT2D eigenvalue weighted by atomic mass is 9.90. The summed E-state index contributed by atoms with van der Waals surface area (Å²) in [5.41, 5.74) is 0.735. The maximum atomic E-state index is 13.1. The number of alkyl halides is 1. The van der Waals surface area contributed by atoms with E-state index in [0.29, 0.717) is 0 Å². The molecule has 0 aliphatic heterocycles. The molecule has 37 heavy (non-hydrogen) atoms. The van der Waals surface area contributed by atoms with Gasteiger partial charge in [0.05, 0.1) is 24.4 Å². The summed E-state index contributed by atoms with van der Waals surface area (Å²) < 4.78 is 0. The third kappa shape index (κ3) is 11.1. The van der Waals surface area contributed by atoms with Crippen molar-refractivity contribution in [3.8, 4) is 5.75 Å². The molecular weight excluding hydrogens is 504 g/mol. The van der Waals surface area contributed by atoms with Crippen molar-refractivity contribution >= 4 is 46.7 Å². The first-order chi connectivity index (χ1) is 17.2. The van der Waals surface area contributed by atoms with E-state index in [-0.39, 0.29) is 36.7 Å². The van der Waals surface area contributed by atoms with Crippen LogP contribution in [-0.4, -0.2) is 63.3 Å². The lowest BCUT2D eigenvalue weighted by Crippen LogP contribution is -2.49. The summed E-state index contributed by atoms with van der Waals surface area (Å²) in [4.78, 5) is 73.4. The van der Waals surface area contributed by atoms with E-state index in [9.17, 15) is 33.9 Å². The number of carboxylic acid groups (broad SMARTS) is 1. The number of hydrogen-bond donors (Lipinski definition) is 4. The van der Waals surface area contributed by atoms with E-state index in [1.165, 1.54) is 26.0 Å². The minimum atomic E-state index is -1.31. The Bertz CT molecular complexity index is 993. The number of carbonyl (C=O) groups excluding carboxylic acids is 5. The minimum Gasteiger partial charge on any atom is -0.508 e. The maximum Gasteiger partial charge on any atom is 0.305 e. The van der Waals surface area contributed by atoms with E-state index in [4.69, 9.17) is 16.7 Å². The van der Waals surface area contributed by atoms with Crippen LogP contribution < -0.4 is 10.6 Å². The van der Waals surface area contributed by atoms with E-state index >= 15 is 0 Å². The lowest BCUT2D eigenvalue weighted by molar-refractivity contribution is -0.140. The summed E-state index contributed by atoms with van der Waals surface area (Å²) in [5.74, 6) is -6.11. The highest BCUT2D eigenvalue weighted by molar-refractivity contribution is 6.28. The van der Waals surface area contributed by atoms with E-state index in [0.717, 1.165) is 5.56 Å².